The molecular formula is C20H23Cl2FN2O2. The Kier molecular flexibility index (Phi) is 7.90. The van der Waals surface area contributed by atoms with Crippen LogP contribution in [0.5, 0.6) is 5.75 Å². The van der Waals surface area contributed by atoms with Crippen LogP contribution in [0.4, 0.5) is 4.39 Å². The molecule has 0 radical (unpaired) electrons. The van der Waals surface area contributed by atoms with Crippen LogP contribution in [-0.4, -0.2) is 25.0 Å². The van der Waals surface area contributed by atoms with E-state index in [0.29, 0.717) is 11.5 Å². The van der Waals surface area contributed by atoms with Crippen molar-refractivity contribution in [2.75, 3.05) is 13.1 Å². The lowest BCUT2D eigenvalue weighted by atomic mass is 9.95. The van der Waals surface area contributed by atoms with Gasteiger partial charge in [0.1, 0.15) is 11.6 Å². The molecule has 4 nitrogen and oxygen atoms in total. The van der Waals surface area contributed by atoms with Crippen LogP contribution < -0.4 is 15.4 Å². The number of hydrogen-bond acceptors (Lipinski definition) is 3. The molecule has 0 saturated carbocycles. The first-order valence-electron chi connectivity index (χ1n) is 8.72. The molecule has 0 bridgehead atoms. The van der Waals surface area contributed by atoms with Crippen molar-refractivity contribution in [3.63, 3.8) is 0 Å². The van der Waals surface area contributed by atoms with Crippen LogP contribution in [-0.2, 0) is 4.79 Å². The van der Waals surface area contributed by atoms with Gasteiger partial charge in [0.05, 0.1) is 5.02 Å². The average molecular weight is 413 g/mol. The Morgan fingerprint density at radius 3 is 2.70 bits per heavy atom. The molecule has 3 rings (SSSR count). The molecule has 2 aromatic carbocycles. The van der Waals surface area contributed by atoms with E-state index < -0.39 is 11.9 Å². The van der Waals surface area contributed by atoms with E-state index in [1.54, 1.807) is 0 Å². The maximum absolute atomic E-state index is 13.3. The molecule has 0 aromatic heterocycles. The Morgan fingerprint density at radius 2 is 2.04 bits per heavy atom. The van der Waals surface area contributed by atoms with E-state index in [2.05, 4.69) is 17.6 Å². The number of piperidine rings is 1. The zero-order valence-corrected chi connectivity index (χ0v) is 16.5. The number of carbonyl (C=O) groups excluding carboxylic acids is 1. The monoisotopic (exact) mass is 412 g/mol. The van der Waals surface area contributed by atoms with E-state index in [9.17, 15) is 9.18 Å². The molecular weight excluding hydrogens is 390 g/mol. The summed E-state index contributed by atoms with van der Waals surface area (Å²) in [6, 6.07) is 13.2. The van der Waals surface area contributed by atoms with Gasteiger partial charge in [-0.05, 0) is 43.6 Å². The van der Waals surface area contributed by atoms with Crippen molar-refractivity contribution in [2.24, 2.45) is 5.92 Å². The Labute approximate surface area is 169 Å². The van der Waals surface area contributed by atoms with Gasteiger partial charge in [-0.3, -0.25) is 4.79 Å². The van der Waals surface area contributed by atoms with Gasteiger partial charge in [0.2, 0.25) is 6.10 Å². The van der Waals surface area contributed by atoms with Gasteiger partial charge in [-0.2, -0.15) is 0 Å². The molecule has 1 amide bonds. The van der Waals surface area contributed by atoms with Gasteiger partial charge in [-0.25, -0.2) is 4.39 Å². The lowest BCUT2D eigenvalue weighted by molar-refractivity contribution is -0.129. The third-order valence-electron chi connectivity index (χ3n) is 4.59. The van der Waals surface area contributed by atoms with Gasteiger partial charge in [0.15, 0.2) is 0 Å². The lowest BCUT2D eigenvalue weighted by Crippen LogP contribution is -2.50. The van der Waals surface area contributed by atoms with Crippen LogP contribution in [0.1, 0.15) is 25.0 Å². The first-order chi connectivity index (χ1) is 12.5. The van der Waals surface area contributed by atoms with Gasteiger partial charge < -0.3 is 15.4 Å². The summed E-state index contributed by atoms with van der Waals surface area (Å²) in [5.74, 6) is -0.0732. The predicted molar refractivity (Wildman–Crippen MR) is 107 cm³/mol. The lowest BCUT2D eigenvalue weighted by Gasteiger charge is -2.31. The highest BCUT2D eigenvalue weighted by Crippen LogP contribution is 2.30. The summed E-state index contributed by atoms with van der Waals surface area (Å²) in [7, 11) is 0. The van der Waals surface area contributed by atoms with Gasteiger partial charge >= 0.3 is 0 Å². The first kappa shape index (κ1) is 21.5. The van der Waals surface area contributed by atoms with Crippen LogP contribution in [0.3, 0.4) is 0 Å². The largest absolute Gasteiger partial charge is 0.474 e. The molecule has 146 valence electrons. The molecule has 27 heavy (non-hydrogen) atoms. The summed E-state index contributed by atoms with van der Waals surface area (Å²) < 4.78 is 19.2. The van der Waals surface area contributed by atoms with Gasteiger partial charge in [0, 0.05) is 11.6 Å². The molecule has 1 heterocycles. The van der Waals surface area contributed by atoms with Crippen molar-refractivity contribution >= 4 is 29.9 Å². The first-order valence-corrected chi connectivity index (χ1v) is 9.10. The van der Waals surface area contributed by atoms with Crippen LogP contribution in [0.2, 0.25) is 5.02 Å². The van der Waals surface area contributed by atoms with Crippen molar-refractivity contribution < 1.29 is 13.9 Å². The van der Waals surface area contributed by atoms with Crippen molar-refractivity contribution in [2.45, 2.75) is 25.5 Å². The van der Waals surface area contributed by atoms with Gasteiger partial charge in [-0.15, -0.1) is 12.4 Å². The summed E-state index contributed by atoms with van der Waals surface area (Å²) in [6.45, 7) is 3.84. The molecule has 2 N–H and O–H groups in total. The topological polar surface area (TPSA) is 50.4 Å². The van der Waals surface area contributed by atoms with E-state index >= 15 is 0 Å². The van der Waals surface area contributed by atoms with Crippen LogP contribution >= 0.6 is 24.0 Å². The fraction of sp³-hybridized carbons (Fsp3) is 0.350. The van der Waals surface area contributed by atoms with Crippen molar-refractivity contribution in [1.82, 2.24) is 10.6 Å². The number of benzene rings is 2. The molecule has 7 heteroatoms. The van der Waals surface area contributed by atoms with E-state index in [4.69, 9.17) is 16.3 Å². The molecule has 1 aliphatic heterocycles. The second kappa shape index (κ2) is 9.93. The number of ether oxygens (including phenoxy) is 1. The van der Waals surface area contributed by atoms with E-state index in [0.717, 1.165) is 19.5 Å². The Bertz CT molecular complexity index is 761. The molecule has 1 fully saturated rings. The van der Waals surface area contributed by atoms with E-state index in [1.165, 1.54) is 18.2 Å². The number of carbonyl (C=O) groups is 1. The van der Waals surface area contributed by atoms with Gasteiger partial charge in [0.25, 0.3) is 5.91 Å². The molecule has 0 aliphatic carbocycles. The Morgan fingerprint density at radius 1 is 1.30 bits per heavy atom. The fourth-order valence-electron chi connectivity index (χ4n) is 3.09. The highest BCUT2D eigenvalue weighted by molar-refractivity contribution is 6.32. The summed E-state index contributed by atoms with van der Waals surface area (Å²) in [6.07, 6.45) is 0.00683. The van der Waals surface area contributed by atoms with E-state index in [-0.39, 0.29) is 35.1 Å². The second-order valence-electron chi connectivity index (χ2n) is 6.57. The summed E-state index contributed by atoms with van der Waals surface area (Å²) >= 11 is 6.08. The standard InChI is InChI=1S/C20H22ClFN2O2.ClH/c1-13-12-23-10-9-17(13)24-20(25)19(14-5-3-2-4-6-14)26-18-8-7-15(22)11-16(18)21;/h2-8,11,13,17,19,23H,9-10,12H2,1H3,(H,24,25);1H. The van der Waals surface area contributed by atoms with Crippen LogP contribution in [0, 0.1) is 11.7 Å². The van der Waals surface area contributed by atoms with Crippen molar-refractivity contribution in [3.8, 4) is 5.75 Å². The highest BCUT2D eigenvalue weighted by atomic mass is 35.5. The van der Waals surface area contributed by atoms with Crippen LogP contribution in [0.15, 0.2) is 48.5 Å². The van der Waals surface area contributed by atoms with Crippen molar-refractivity contribution in [1.29, 1.82) is 0 Å². The quantitative estimate of drug-likeness (QED) is 0.775. The molecule has 3 atom stereocenters. The second-order valence-corrected chi connectivity index (χ2v) is 6.98. The normalized spacial score (nSPS) is 20.3. The molecule has 1 aliphatic rings. The zero-order chi connectivity index (χ0) is 18.5. The minimum Gasteiger partial charge on any atom is -0.474 e. The smallest absolute Gasteiger partial charge is 0.266 e. The molecule has 1 saturated heterocycles. The summed E-state index contributed by atoms with van der Waals surface area (Å²) in [5.41, 5.74) is 0.715. The number of amides is 1. The molecule has 0 spiro atoms. The maximum atomic E-state index is 13.3. The Hall–Kier alpha value is -1.82. The SMILES string of the molecule is CC1CNCCC1NC(=O)C(Oc1ccc(F)cc1Cl)c1ccccc1.Cl. The predicted octanol–water partition coefficient (Wildman–Crippen LogP) is 4.14. The van der Waals surface area contributed by atoms with Gasteiger partial charge in [-0.1, -0.05) is 48.9 Å². The third-order valence-corrected chi connectivity index (χ3v) is 4.89. The maximum Gasteiger partial charge on any atom is 0.266 e. The number of hydrogen-bond donors (Lipinski definition) is 2. The fourth-order valence-corrected chi connectivity index (χ4v) is 3.30. The highest BCUT2D eigenvalue weighted by Gasteiger charge is 2.29. The average Bonchev–Trinajstić information content (AvgIpc) is 2.63. The molecule has 3 unspecified atom stereocenters. The van der Waals surface area contributed by atoms with E-state index in [1.807, 2.05) is 30.3 Å². The number of halogens is 3. The minimum atomic E-state index is -0.860. The minimum absolute atomic E-state index is 0. The summed E-state index contributed by atoms with van der Waals surface area (Å²) in [5, 5.41) is 6.55. The number of rotatable bonds is 5. The van der Waals surface area contributed by atoms with Crippen LogP contribution in [0.25, 0.3) is 0 Å². The molecule has 2 aromatic rings. The number of nitrogens with one attached hydrogen (secondary N) is 2. The third kappa shape index (κ3) is 5.58. The summed E-state index contributed by atoms with van der Waals surface area (Å²) in [4.78, 5) is 13.0. The zero-order valence-electron chi connectivity index (χ0n) is 15.0. The Balaban J connectivity index is 0.00000261. The van der Waals surface area contributed by atoms with Crippen molar-refractivity contribution in [3.05, 3.63) is 64.9 Å².